The molecule has 160 valence electrons. The molecule has 0 spiro atoms. The Balaban J connectivity index is 1.52. The summed E-state index contributed by atoms with van der Waals surface area (Å²) in [5.41, 5.74) is 0.617. The maximum absolute atomic E-state index is 12.7. The summed E-state index contributed by atoms with van der Waals surface area (Å²) in [6.07, 6.45) is -0.286. The van der Waals surface area contributed by atoms with E-state index < -0.39 is 33.9 Å². The van der Waals surface area contributed by atoms with Crippen LogP contribution >= 0.6 is 11.6 Å². The highest BCUT2D eigenvalue weighted by Gasteiger charge is 2.33. The van der Waals surface area contributed by atoms with Gasteiger partial charge in [-0.15, -0.1) is 0 Å². The number of ether oxygens (including phenoxy) is 1. The predicted octanol–water partition coefficient (Wildman–Crippen LogP) is 3.31. The summed E-state index contributed by atoms with van der Waals surface area (Å²) >= 11 is 5.82. The van der Waals surface area contributed by atoms with Gasteiger partial charge >= 0.3 is 5.97 Å². The summed E-state index contributed by atoms with van der Waals surface area (Å²) in [6, 6.07) is 14.9. The lowest BCUT2D eigenvalue weighted by Gasteiger charge is -2.30. The number of anilines is 1. The first kappa shape index (κ1) is 22.3. The molecule has 9 heteroatoms. The molecular weight excluding hydrogens is 428 g/mol. The smallest absolute Gasteiger partial charge is 0.309 e. The highest BCUT2D eigenvalue weighted by atomic mass is 35.5. The quantitative estimate of drug-likeness (QED) is 0.681. The summed E-state index contributed by atoms with van der Waals surface area (Å²) in [7, 11) is -3.64. The average molecular weight is 451 g/mol. The minimum atomic E-state index is -3.64. The van der Waals surface area contributed by atoms with Gasteiger partial charge in [0.15, 0.2) is 6.10 Å². The molecule has 1 heterocycles. The zero-order valence-electron chi connectivity index (χ0n) is 16.5. The maximum Gasteiger partial charge on any atom is 0.309 e. The fraction of sp³-hybridized carbons (Fsp3) is 0.333. The van der Waals surface area contributed by atoms with Crippen molar-refractivity contribution in [3.05, 3.63) is 59.6 Å². The Morgan fingerprint density at radius 2 is 1.67 bits per heavy atom. The van der Waals surface area contributed by atoms with E-state index in [9.17, 15) is 18.0 Å². The molecule has 1 amide bonds. The Bertz CT molecular complexity index is 988. The van der Waals surface area contributed by atoms with E-state index in [-0.39, 0.29) is 18.0 Å². The van der Waals surface area contributed by atoms with Crippen molar-refractivity contribution >= 4 is 39.2 Å². The highest BCUT2D eigenvalue weighted by Crippen LogP contribution is 2.25. The molecule has 0 aliphatic carbocycles. The number of para-hydroxylation sites is 1. The lowest BCUT2D eigenvalue weighted by molar-refractivity contribution is -0.158. The normalized spacial score (nSPS) is 16.6. The van der Waals surface area contributed by atoms with E-state index in [0.717, 1.165) is 0 Å². The standard InChI is InChI=1S/C21H23ClN2O5S/c1-15(20(25)23-18-5-3-2-4-6-18)29-21(26)16-11-13-24(14-12-16)30(27,28)19-9-7-17(22)8-10-19/h2-10,15-16H,11-14H2,1H3,(H,23,25). The third-order valence-electron chi connectivity index (χ3n) is 4.94. The Morgan fingerprint density at radius 1 is 1.07 bits per heavy atom. The SMILES string of the molecule is CC(OC(=O)C1CCN(S(=O)(=O)c2ccc(Cl)cc2)CC1)C(=O)Nc1ccccc1. The summed E-state index contributed by atoms with van der Waals surface area (Å²) in [4.78, 5) is 24.8. The number of hydrogen-bond acceptors (Lipinski definition) is 5. The summed E-state index contributed by atoms with van der Waals surface area (Å²) in [5, 5.41) is 3.15. The zero-order valence-corrected chi connectivity index (χ0v) is 18.0. The number of amides is 1. The molecule has 0 radical (unpaired) electrons. The molecule has 1 saturated heterocycles. The van der Waals surface area contributed by atoms with Crippen molar-refractivity contribution in [2.45, 2.75) is 30.8 Å². The molecule has 1 aliphatic heterocycles. The van der Waals surface area contributed by atoms with Crippen LogP contribution in [0.2, 0.25) is 5.02 Å². The van der Waals surface area contributed by atoms with Crippen LogP contribution in [-0.4, -0.2) is 43.8 Å². The molecule has 1 unspecified atom stereocenters. The summed E-state index contributed by atoms with van der Waals surface area (Å²) < 4.78 is 32.1. The first-order chi connectivity index (χ1) is 14.3. The molecule has 0 aromatic heterocycles. The largest absolute Gasteiger partial charge is 0.452 e. The summed E-state index contributed by atoms with van der Waals surface area (Å²) in [5.74, 6) is -1.36. The van der Waals surface area contributed by atoms with Crippen molar-refractivity contribution in [1.29, 1.82) is 0 Å². The minimum Gasteiger partial charge on any atom is -0.452 e. The van der Waals surface area contributed by atoms with Gasteiger partial charge < -0.3 is 10.1 Å². The van der Waals surface area contributed by atoms with Crippen LogP contribution in [0.5, 0.6) is 0 Å². The van der Waals surface area contributed by atoms with Crippen molar-refractivity contribution in [1.82, 2.24) is 4.31 Å². The molecule has 2 aromatic rings. The molecule has 1 atom stereocenters. The van der Waals surface area contributed by atoms with Crippen LogP contribution in [0, 0.1) is 5.92 Å². The van der Waals surface area contributed by atoms with Crippen LogP contribution in [0.1, 0.15) is 19.8 Å². The molecule has 0 bridgehead atoms. The number of nitrogens with zero attached hydrogens (tertiary/aromatic N) is 1. The fourth-order valence-corrected chi connectivity index (χ4v) is 4.77. The van der Waals surface area contributed by atoms with Gasteiger partial charge in [-0.25, -0.2) is 8.42 Å². The van der Waals surface area contributed by atoms with Crippen LogP contribution in [-0.2, 0) is 24.3 Å². The number of nitrogens with one attached hydrogen (secondary N) is 1. The topological polar surface area (TPSA) is 92.8 Å². The Kier molecular flexibility index (Phi) is 7.12. The molecular formula is C21H23ClN2O5S. The number of halogens is 1. The van der Waals surface area contributed by atoms with Gasteiger partial charge in [0, 0.05) is 23.8 Å². The van der Waals surface area contributed by atoms with Gasteiger partial charge in [0.2, 0.25) is 10.0 Å². The lowest BCUT2D eigenvalue weighted by Crippen LogP contribution is -2.41. The molecule has 1 aliphatic rings. The molecule has 2 aromatic carbocycles. The van der Waals surface area contributed by atoms with Crippen LogP contribution < -0.4 is 5.32 Å². The van der Waals surface area contributed by atoms with Gasteiger partial charge in [-0.1, -0.05) is 29.8 Å². The molecule has 30 heavy (non-hydrogen) atoms. The van der Waals surface area contributed by atoms with E-state index in [4.69, 9.17) is 16.3 Å². The maximum atomic E-state index is 12.7. The van der Waals surface area contributed by atoms with E-state index in [1.807, 2.05) is 6.07 Å². The van der Waals surface area contributed by atoms with Crippen molar-refractivity contribution in [3.8, 4) is 0 Å². The number of esters is 1. The van der Waals surface area contributed by atoms with Crippen molar-refractivity contribution < 1.29 is 22.7 Å². The first-order valence-corrected chi connectivity index (χ1v) is 11.4. The first-order valence-electron chi connectivity index (χ1n) is 9.59. The van der Waals surface area contributed by atoms with Crippen LogP contribution in [0.25, 0.3) is 0 Å². The molecule has 0 saturated carbocycles. The highest BCUT2D eigenvalue weighted by molar-refractivity contribution is 7.89. The van der Waals surface area contributed by atoms with E-state index in [1.165, 1.54) is 35.5 Å². The van der Waals surface area contributed by atoms with E-state index in [0.29, 0.717) is 23.6 Å². The minimum absolute atomic E-state index is 0.166. The molecule has 3 rings (SSSR count). The number of carbonyl (C=O) groups excluding carboxylic acids is 2. The number of rotatable bonds is 6. The number of carbonyl (C=O) groups is 2. The van der Waals surface area contributed by atoms with E-state index in [1.54, 1.807) is 24.3 Å². The number of piperidine rings is 1. The third kappa shape index (κ3) is 5.38. The van der Waals surface area contributed by atoms with Gasteiger partial charge in [-0.2, -0.15) is 4.31 Å². The van der Waals surface area contributed by atoms with Gasteiger partial charge in [-0.3, -0.25) is 9.59 Å². The predicted molar refractivity (Wildman–Crippen MR) is 114 cm³/mol. The second kappa shape index (κ2) is 9.59. The van der Waals surface area contributed by atoms with Crippen molar-refractivity contribution in [3.63, 3.8) is 0 Å². The third-order valence-corrected chi connectivity index (χ3v) is 7.11. The van der Waals surface area contributed by atoms with Crippen LogP contribution in [0.15, 0.2) is 59.5 Å². The molecule has 1 fully saturated rings. The zero-order chi connectivity index (χ0) is 21.7. The van der Waals surface area contributed by atoms with E-state index >= 15 is 0 Å². The van der Waals surface area contributed by atoms with Crippen molar-refractivity contribution in [2.75, 3.05) is 18.4 Å². The molecule has 1 N–H and O–H groups in total. The second-order valence-corrected chi connectivity index (χ2v) is 9.44. The Hall–Kier alpha value is -2.42. The van der Waals surface area contributed by atoms with Gasteiger partial charge in [0.1, 0.15) is 0 Å². The van der Waals surface area contributed by atoms with Crippen LogP contribution in [0.4, 0.5) is 5.69 Å². The van der Waals surface area contributed by atoms with Gasteiger partial charge in [0.25, 0.3) is 5.91 Å². The van der Waals surface area contributed by atoms with Gasteiger partial charge in [-0.05, 0) is 56.2 Å². The monoisotopic (exact) mass is 450 g/mol. The van der Waals surface area contributed by atoms with Crippen molar-refractivity contribution in [2.24, 2.45) is 5.92 Å². The Labute approximate surface area is 181 Å². The second-order valence-electron chi connectivity index (χ2n) is 7.07. The number of sulfonamides is 1. The number of benzene rings is 2. The lowest BCUT2D eigenvalue weighted by atomic mass is 9.98. The fourth-order valence-electron chi connectivity index (χ4n) is 3.18. The number of hydrogen-bond donors (Lipinski definition) is 1. The van der Waals surface area contributed by atoms with E-state index in [2.05, 4.69) is 5.32 Å². The average Bonchev–Trinajstić information content (AvgIpc) is 2.74. The summed E-state index contributed by atoms with van der Waals surface area (Å²) in [6.45, 7) is 1.92. The van der Waals surface area contributed by atoms with Crippen LogP contribution in [0.3, 0.4) is 0 Å². The molecule has 7 nitrogen and oxygen atoms in total. The van der Waals surface area contributed by atoms with Gasteiger partial charge in [0.05, 0.1) is 10.8 Å². The Morgan fingerprint density at radius 3 is 2.27 bits per heavy atom.